The molecule has 2 atom stereocenters. The smallest absolute Gasteiger partial charge is 0.241 e. The molecule has 0 heterocycles. The van der Waals surface area contributed by atoms with Gasteiger partial charge in [0, 0.05) is 24.1 Å². The second kappa shape index (κ2) is 7.02. The summed E-state index contributed by atoms with van der Waals surface area (Å²) in [6.45, 7) is 8.75. The number of hydrogen-bond donors (Lipinski definition) is 2. The maximum atomic E-state index is 12.2. The second-order valence-corrected chi connectivity index (χ2v) is 10.3. The minimum atomic E-state index is -3.60. The fraction of sp³-hybridized carbons (Fsp3) is 0.600. The molecular weight excluding hydrogens is 362 g/mol. The number of amides is 1. The first-order valence-corrected chi connectivity index (χ1v) is 11.0. The molecule has 6 nitrogen and oxygen atoms in total. The van der Waals surface area contributed by atoms with Crippen LogP contribution in [-0.4, -0.2) is 26.6 Å². The van der Waals surface area contributed by atoms with Crippen molar-refractivity contribution in [2.45, 2.75) is 58.3 Å². The van der Waals surface area contributed by atoms with Crippen molar-refractivity contribution < 1.29 is 13.2 Å². The number of hydrazone groups is 1. The highest BCUT2D eigenvalue weighted by Crippen LogP contribution is 2.63. The number of carbonyl (C=O) groups excluding carboxylic acids is 1. The molecule has 2 aliphatic rings. The lowest BCUT2D eigenvalue weighted by molar-refractivity contribution is -0.120. The van der Waals surface area contributed by atoms with Crippen molar-refractivity contribution in [2.24, 2.45) is 21.8 Å². The number of nitrogens with zero attached hydrogens (tertiary/aromatic N) is 1. The Balaban J connectivity index is 1.52. The normalized spacial score (nSPS) is 27.9. The summed E-state index contributed by atoms with van der Waals surface area (Å²) in [5.74, 6) is 0.345. The molecule has 1 aromatic rings. The van der Waals surface area contributed by atoms with Gasteiger partial charge >= 0.3 is 0 Å². The molecule has 0 aromatic heterocycles. The SMILES string of the molecule is Cc1ccc(S(=O)(=O)NCCC(=O)N/N=C2/C[C@H]3CC[C@@]2(C)C3(C)C)cc1. The molecule has 2 aliphatic carbocycles. The molecule has 0 radical (unpaired) electrons. The van der Waals surface area contributed by atoms with Gasteiger partial charge in [0.15, 0.2) is 0 Å². The molecule has 0 spiro atoms. The van der Waals surface area contributed by atoms with Gasteiger partial charge in [-0.25, -0.2) is 18.6 Å². The number of rotatable bonds is 6. The van der Waals surface area contributed by atoms with E-state index in [1.807, 2.05) is 6.92 Å². The number of sulfonamides is 1. The Morgan fingerprint density at radius 3 is 2.44 bits per heavy atom. The van der Waals surface area contributed by atoms with Crippen LogP contribution in [0, 0.1) is 23.7 Å². The van der Waals surface area contributed by atoms with Crippen LogP contribution in [0.1, 0.15) is 52.0 Å². The van der Waals surface area contributed by atoms with Gasteiger partial charge in [-0.3, -0.25) is 4.79 Å². The topological polar surface area (TPSA) is 87.6 Å². The van der Waals surface area contributed by atoms with Crippen molar-refractivity contribution in [3.8, 4) is 0 Å². The third-order valence-corrected chi connectivity index (χ3v) is 8.28. The van der Waals surface area contributed by atoms with Gasteiger partial charge in [-0.05, 0) is 49.7 Å². The number of hydrogen-bond acceptors (Lipinski definition) is 4. The van der Waals surface area contributed by atoms with Crippen LogP contribution >= 0.6 is 0 Å². The number of benzene rings is 1. The lowest BCUT2D eigenvalue weighted by Crippen LogP contribution is -2.34. The molecule has 2 fully saturated rings. The van der Waals surface area contributed by atoms with Crippen molar-refractivity contribution in [3.05, 3.63) is 29.8 Å². The van der Waals surface area contributed by atoms with E-state index in [4.69, 9.17) is 0 Å². The van der Waals surface area contributed by atoms with Crippen molar-refractivity contribution in [3.63, 3.8) is 0 Å². The summed E-state index contributed by atoms with van der Waals surface area (Å²) in [5, 5.41) is 4.40. The number of carbonyl (C=O) groups is 1. The summed E-state index contributed by atoms with van der Waals surface area (Å²) >= 11 is 0. The molecule has 2 N–H and O–H groups in total. The van der Waals surface area contributed by atoms with Crippen LogP contribution < -0.4 is 10.1 Å². The molecule has 7 heteroatoms. The van der Waals surface area contributed by atoms with Gasteiger partial charge in [-0.15, -0.1) is 0 Å². The fourth-order valence-electron chi connectivity index (χ4n) is 4.38. The van der Waals surface area contributed by atoms with Gasteiger partial charge in [-0.2, -0.15) is 5.10 Å². The van der Waals surface area contributed by atoms with Gasteiger partial charge in [0.1, 0.15) is 0 Å². The summed E-state index contributed by atoms with van der Waals surface area (Å²) in [6, 6.07) is 6.60. The Labute approximate surface area is 161 Å². The first kappa shape index (κ1) is 20.0. The minimum Gasteiger partial charge on any atom is -0.273 e. The molecule has 0 unspecified atom stereocenters. The highest BCUT2D eigenvalue weighted by atomic mass is 32.2. The van der Waals surface area contributed by atoms with Crippen LogP contribution in [0.4, 0.5) is 0 Å². The van der Waals surface area contributed by atoms with Crippen LogP contribution in [0.15, 0.2) is 34.3 Å². The molecule has 0 saturated heterocycles. The third kappa shape index (κ3) is 3.67. The van der Waals surface area contributed by atoms with E-state index in [-0.39, 0.29) is 34.6 Å². The molecule has 1 aromatic carbocycles. The fourth-order valence-corrected chi connectivity index (χ4v) is 5.41. The highest BCUT2D eigenvalue weighted by molar-refractivity contribution is 7.89. The maximum Gasteiger partial charge on any atom is 0.241 e. The van der Waals surface area contributed by atoms with E-state index in [9.17, 15) is 13.2 Å². The van der Waals surface area contributed by atoms with Gasteiger partial charge < -0.3 is 0 Å². The molecular formula is C20H29N3O3S. The molecule has 3 rings (SSSR count). The lowest BCUT2D eigenvalue weighted by Gasteiger charge is -2.34. The zero-order chi connectivity index (χ0) is 19.9. The lowest BCUT2D eigenvalue weighted by atomic mass is 9.70. The van der Waals surface area contributed by atoms with E-state index in [1.54, 1.807) is 24.3 Å². The Hall–Kier alpha value is -1.73. The molecule has 27 heavy (non-hydrogen) atoms. The van der Waals surface area contributed by atoms with E-state index in [0.717, 1.165) is 24.1 Å². The van der Waals surface area contributed by atoms with E-state index in [0.29, 0.717) is 5.92 Å². The zero-order valence-electron chi connectivity index (χ0n) is 16.5. The van der Waals surface area contributed by atoms with E-state index in [1.165, 1.54) is 6.42 Å². The number of nitrogens with one attached hydrogen (secondary N) is 2. The van der Waals surface area contributed by atoms with Crippen LogP contribution in [0.25, 0.3) is 0 Å². The molecule has 1 amide bonds. The Morgan fingerprint density at radius 2 is 1.89 bits per heavy atom. The van der Waals surface area contributed by atoms with E-state index >= 15 is 0 Å². The van der Waals surface area contributed by atoms with E-state index in [2.05, 4.69) is 36.0 Å². The van der Waals surface area contributed by atoms with Crippen molar-refractivity contribution in [1.29, 1.82) is 0 Å². The van der Waals surface area contributed by atoms with Crippen molar-refractivity contribution >= 4 is 21.6 Å². The van der Waals surface area contributed by atoms with Crippen LogP contribution in [0.5, 0.6) is 0 Å². The summed E-state index contributed by atoms with van der Waals surface area (Å²) in [5.41, 5.74) is 4.93. The average molecular weight is 392 g/mol. The predicted molar refractivity (Wildman–Crippen MR) is 106 cm³/mol. The first-order valence-electron chi connectivity index (χ1n) is 9.48. The summed E-state index contributed by atoms with van der Waals surface area (Å²) in [4.78, 5) is 12.3. The van der Waals surface area contributed by atoms with Crippen molar-refractivity contribution in [2.75, 3.05) is 6.54 Å². The number of fused-ring (bicyclic) bond motifs is 2. The van der Waals surface area contributed by atoms with Gasteiger partial charge in [0.25, 0.3) is 0 Å². The minimum absolute atomic E-state index is 0.0397. The monoisotopic (exact) mass is 391 g/mol. The van der Waals surface area contributed by atoms with Gasteiger partial charge in [-0.1, -0.05) is 38.5 Å². The molecule has 2 bridgehead atoms. The zero-order valence-corrected chi connectivity index (χ0v) is 17.3. The summed E-state index contributed by atoms with van der Waals surface area (Å²) in [7, 11) is -3.60. The highest BCUT2D eigenvalue weighted by Gasteiger charge is 2.59. The summed E-state index contributed by atoms with van der Waals surface area (Å²) < 4.78 is 26.9. The summed E-state index contributed by atoms with van der Waals surface area (Å²) in [6.07, 6.45) is 3.31. The first-order chi connectivity index (χ1) is 12.6. The van der Waals surface area contributed by atoms with Gasteiger partial charge in [0.2, 0.25) is 15.9 Å². The molecule has 148 valence electrons. The third-order valence-electron chi connectivity index (χ3n) is 6.80. The second-order valence-electron chi connectivity index (χ2n) is 8.55. The van der Waals surface area contributed by atoms with Crippen molar-refractivity contribution in [1.82, 2.24) is 10.1 Å². The number of aryl methyl sites for hydroxylation is 1. The maximum absolute atomic E-state index is 12.2. The average Bonchev–Trinajstić information content (AvgIpc) is 2.93. The van der Waals surface area contributed by atoms with Gasteiger partial charge in [0.05, 0.1) is 4.90 Å². The van der Waals surface area contributed by atoms with Crippen LogP contribution in [0.2, 0.25) is 0 Å². The largest absolute Gasteiger partial charge is 0.273 e. The Kier molecular flexibility index (Phi) is 5.20. The predicted octanol–water partition coefficient (Wildman–Crippen LogP) is 2.98. The van der Waals surface area contributed by atoms with E-state index < -0.39 is 10.0 Å². The standard InChI is InChI=1S/C20H29N3O3S/c1-14-5-7-16(8-6-14)27(25,26)21-12-10-18(24)23-22-17-13-15-9-11-20(17,4)19(15,2)3/h5-8,15,21H,9-13H2,1-4H3,(H,23,24)/b22-17-/t15-,20-/m1/s1. The molecule has 0 aliphatic heterocycles. The Morgan fingerprint density at radius 1 is 1.22 bits per heavy atom. The van der Waals surface area contributed by atoms with Crippen LogP contribution in [-0.2, 0) is 14.8 Å². The Bertz CT molecular complexity index is 859. The molecule has 2 saturated carbocycles. The van der Waals surface area contributed by atoms with Crippen LogP contribution in [0.3, 0.4) is 0 Å². The quantitative estimate of drug-likeness (QED) is 0.731.